The van der Waals surface area contributed by atoms with E-state index in [0.717, 1.165) is 25.1 Å². The van der Waals surface area contributed by atoms with Crippen molar-refractivity contribution in [1.82, 2.24) is 5.32 Å². The molecule has 0 aliphatic rings. The van der Waals surface area contributed by atoms with Crippen LogP contribution in [0, 0.1) is 11.3 Å². The third-order valence-corrected chi connectivity index (χ3v) is 2.29. The van der Waals surface area contributed by atoms with Crippen molar-refractivity contribution in [2.24, 2.45) is 0 Å². The highest BCUT2D eigenvalue weighted by Gasteiger charge is 2.00. The molecule has 1 rings (SSSR count). The molecule has 3 heteroatoms. The Morgan fingerprint density at radius 3 is 2.93 bits per heavy atom. The van der Waals surface area contributed by atoms with Gasteiger partial charge in [-0.15, -0.1) is 0 Å². The van der Waals surface area contributed by atoms with Crippen molar-refractivity contribution in [3.63, 3.8) is 0 Å². The molecule has 0 unspecified atom stereocenters. The van der Waals surface area contributed by atoms with Gasteiger partial charge in [0.15, 0.2) is 0 Å². The summed E-state index contributed by atoms with van der Waals surface area (Å²) in [5.74, 6) is 0. The van der Waals surface area contributed by atoms with Gasteiger partial charge in [0.25, 0.3) is 0 Å². The van der Waals surface area contributed by atoms with Crippen LogP contribution in [0.1, 0.15) is 24.5 Å². The minimum Gasteiger partial charge on any atom is -0.313 e. The number of nitrogens with zero attached hydrogens (tertiary/aromatic N) is 1. The van der Waals surface area contributed by atoms with Gasteiger partial charge in [-0.1, -0.05) is 18.5 Å². The van der Waals surface area contributed by atoms with Gasteiger partial charge in [-0.25, -0.2) is 0 Å². The Morgan fingerprint density at radius 2 is 2.29 bits per heavy atom. The lowest BCUT2D eigenvalue weighted by Gasteiger charge is -2.05. The predicted molar refractivity (Wildman–Crippen MR) is 58.2 cm³/mol. The van der Waals surface area contributed by atoms with Gasteiger partial charge in [-0.2, -0.15) is 5.26 Å². The molecular formula is C11H13ClN2. The van der Waals surface area contributed by atoms with Crippen molar-refractivity contribution in [2.75, 3.05) is 6.54 Å². The van der Waals surface area contributed by atoms with E-state index in [4.69, 9.17) is 16.9 Å². The van der Waals surface area contributed by atoms with E-state index in [-0.39, 0.29) is 0 Å². The first-order chi connectivity index (χ1) is 6.77. The largest absolute Gasteiger partial charge is 0.313 e. The minimum atomic E-state index is 0.655. The van der Waals surface area contributed by atoms with Gasteiger partial charge in [-0.3, -0.25) is 0 Å². The third kappa shape index (κ3) is 3.02. The lowest BCUT2D eigenvalue weighted by Crippen LogP contribution is -2.14. The summed E-state index contributed by atoms with van der Waals surface area (Å²) in [4.78, 5) is 0. The first kappa shape index (κ1) is 11.0. The monoisotopic (exact) mass is 208 g/mol. The van der Waals surface area contributed by atoms with Crippen LogP contribution in [-0.2, 0) is 6.54 Å². The molecule has 0 aliphatic carbocycles. The Hall–Kier alpha value is -1.04. The molecule has 74 valence electrons. The molecule has 0 amide bonds. The second kappa shape index (κ2) is 5.64. The Kier molecular flexibility index (Phi) is 4.45. The lowest BCUT2D eigenvalue weighted by atomic mass is 10.1. The van der Waals surface area contributed by atoms with E-state index in [2.05, 4.69) is 18.3 Å². The standard InChI is InChI=1S/C11H13ClN2/c1-2-5-14-8-10-6-9(7-13)3-4-11(10)12/h3-4,6,14H,2,5,8H2,1H3. The SMILES string of the molecule is CCCNCc1cc(C#N)ccc1Cl. The number of nitrogens with one attached hydrogen (secondary N) is 1. The zero-order valence-corrected chi connectivity index (χ0v) is 8.93. The number of halogens is 1. The molecule has 0 spiro atoms. The average molecular weight is 209 g/mol. The van der Waals surface area contributed by atoms with Gasteiger partial charge in [0.05, 0.1) is 11.6 Å². The van der Waals surface area contributed by atoms with Crippen LogP contribution in [0.4, 0.5) is 0 Å². The molecule has 0 aliphatic heterocycles. The van der Waals surface area contributed by atoms with E-state index in [9.17, 15) is 0 Å². The normalized spacial score (nSPS) is 9.79. The predicted octanol–water partition coefficient (Wildman–Crippen LogP) is 2.71. The molecule has 0 bridgehead atoms. The second-order valence-corrected chi connectivity index (χ2v) is 3.50. The van der Waals surface area contributed by atoms with Crippen molar-refractivity contribution in [2.45, 2.75) is 19.9 Å². The van der Waals surface area contributed by atoms with Crippen LogP contribution >= 0.6 is 11.6 Å². The van der Waals surface area contributed by atoms with Crippen LogP contribution in [0.3, 0.4) is 0 Å². The Morgan fingerprint density at radius 1 is 1.50 bits per heavy atom. The van der Waals surface area contributed by atoms with Gasteiger partial charge in [-0.05, 0) is 36.7 Å². The van der Waals surface area contributed by atoms with Crippen LogP contribution in [0.15, 0.2) is 18.2 Å². The highest BCUT2D eigenvalue weighted by atomic mass is 35.5. The molecular weight excluding hydrogens is 196 g/mol. The van der Waals surface area contributed by atoms with Crippen LogP contribution in [-0.4, -0.2) is 6.54 Å². The van der Waals surface area contributed by atoms with E-state index >= 15 is 0 Å². The number of hydrogen-bond acceptors (Lipinski definition) is 2. The summed E-state index contributed by atoms with van der Waals surface area (Å²) in [6.07, 6.45) is 1.09. The zero-order chi connectivity index (χ0) is 10.4. The fraction of sp³-hybridized carbons (Fsp3) is 0.364. The molecule has 0 fully saturated rings. The number of hydrogen-bond donors (Lipinski definition) is 1. The maximum Gasteiger partial charge on any atom is 0.0991 e. The fourth-order valence-electron chi connectivity index (χ4n) is 1.18. The molecule has 1 N–H and O–H groups in total. The molecule has 0 saturated heterocycles. The van der Waals surface area contributed by atoms with Gasteiger partial charge < -0.3 is 5.32 Å². The molecule has 2 nitrogen and oxygen atoms in total. The van der Waals surface area contributed by atoms with Crippen LogP contribution in [0.2, 0.25) is 5.02 Å². The van der Waals surface area contributed by atoms with E-state index in [1.165, 1.54) is 0 Å². The quantitative estimate of drug-likeness (QED) is 0.773. The topological polar surface area (TPSA) is 35.8 Å². The van der Waals surface area contributed by atoms with E-state index in [0.29, 0.717) is 10.6 Å². The molecule has 0 saturated carbocycles. The summed E-state index contributed by atoms with van der Waals surface area (Å²) >= 11 is 5.98. The number of nitriles is 1. The smallest absolute Gasteiger partial charge is 0.0991 e. The van der Waals surface area contributed by atoms with E-state index in [1.807, 2.05) is 6.07 Å². The highest BCUT2D eigenvalue weighted by Crippen LogP contribution is 2.16. The van der Waals surface area contributed by atoms with Crippen molar-refractivity contribution >= 4 is 11.6 Å². The zero-order valence-electron chi connectivity index (χ0n) is 8.18. The molecule has 0 heterocycles. The summed E-state index contributed by atoms with van der Waals surface area (Å²) in [5, 5.41) is 12.7. The Balaban J connectivity index is 2.70. The molecule has 0 radical (unpaired) electrons. The van der Waals surface area contributed by atoms with Gasteiger partial charge >= 0.3 is 0 Å². The number of benzene rings is 1. The van der Waals surface area contributed by atoms with Gasteiger partial charge in [0.1, 0.15) is 0 Å². The van der Waals surface area contributed by atoms with Gasteiger partial charge in [0.2, 0.25) is 0 Å². The third-order valence-electron chi connectivity index (χ3n) is 1.92. The van der Waals surface area contributed by atoms with Crippen molar-refractivity contribution in [3.8, 4) is 6.07 Å². The van der Waals surface area contributed by atoms with Gasteiger partial charge in [0, 0.05) is 11.6 Å². The lowest BCUT2D eigenvalue weighted by molar-refractivity contribution is 0.675. The maximum atomic E-state index is 8.71. The highest BCUT2D eigenvalue weighted by molar-refractivity contribution is 6.31. The molecule has 0 aromatic heterocycles. The van der Waals surface area contributed by atoms with Crippen molar-refractivity contribution < 1.29 is 0 Å². The minimum absolute atomic E-state index is 0.655. The molecule has 0 atom stereocenters. The average Bonchev–Trinajstić information content (AvgIpc) is 2.21. The Bertz CT molecular complexity index is 342. The fourth-order valence-corrected chi connectivity index (χ4v) is 1.36. The summed E-state index contributed by atoms with van der Waals surface area (Å²) in [6.45, 7) is 3.80. The molecule has 1 aromatic carbocycles. The molecule has 14 heavy (non-hydrogen) atoms. The maximum absolute atomic E-state index is 8.71. The van der Waals surface area contributed by atoms with Crippen LogP contribution in [0.25, 0.3) is 0 Å². The number of rotatable bonds is 4. The van der Waals surface area contributed by atoms with Crippen molar-refractivity contribution in [1.29, 1.82) is 5.26 Å². The first-order valence-corrected chi connectivity index (χ1v) is 5.05. The van der Waals surface area contributed by atoms with Crippen LogP contribution in [0.5, 0.6) is 0 Å². The summed E-state index contributed by atoms with van der Waals surface area (Å²) in [5.41, 5.74) is 1.64. The summed E-state index contributed by atoms with van der Waals surface area (Å²) < 4.78 is 0. The van der Waals surface area contributed by atoms with Crippen molar-refractivity contribution in [3.05, 3.63) is 34.3 Å². The Labute approximate surface area is 89.5 Å². The van der Waals surface area contributed by atoms with E-state index < -0.39 is 0 Å². The second-order valence-electron chi connectivity index (χ2n) is 3.09. The molecule has 1 aromatic rings. The summed E-state index contributed by atoms with van der Waals surface area (Å²) in [6, 6.07) is 7.42. The summed E-state index contributed by atoms with van der Waals surface area (Å²) in [7, 11) is 0. The van der Waals surface area contributed by atoms with Crippen LogP contribution < -0.4 is 5.32 Å². The first-order valence-electron chi connectivity index (χ1n) is 4.67. The van der Waals surface area contributed by atoms with E-state index in [1.54, 1.807) is 12.1 Å².